The van der Waals surface area contributed by atoms with Gasteiger partial charge in [-0.15, -0.1) is 0 Å². The van der Waals surface area contributed by atoms with Crippen LogP contribution in [0.2, 0.25) is 0 Å². The predicted octanol–water partition coefficient (Wildman–Crippen LogP) is 2.45. The summed E-state index contributed by atoms with van der Waals surface area (Å²) < 4.78 is 37.6. The van der Waals surface area contributed by atoms with Crippen molar-refractivity contribution in [2.75, 3.05) is 4.90 Å². The number of carbonyl (C=O) groups is 1. The van der Waals surface area contributed by atoms with Gasteiger partial charge in [-0.1, -0.05) is 19.2 Å². The first kappa shape index (κ1) is 14.8. The van der Waals surface area contributed by atoms with E-state index in [9.17, 15) is 18.0 Å². The maximum absolute atomic E-state index is 12.3. The van der Waals surface area contributed by atoms with Gasteiger partial charge in [0.1, 0.15) is 6.54 Å². The van der Waals surface area contributed by atoms with Gasteiger partial charge < -0.3 is 0 Å². The summed E-state index contributed by atoms with van der Waals surface area (Å²) in [6.07, 6.45) is -0.823. The van der Waals surface area contributed by atoms with Crippen LogP contribution in [0, 0.1) is 0 Å². The zero-order chi connectivity index (χ0) is 15.8. The largest absolute Gasteiger partial charge is 0.408 e. The van der Waals surface area contributed by atoms with E-state index in [-0.39, 0.29) is 22.7 Å². The molecule has 0 N–H and O–H groups in total. The van der Waals surface area contributed by atoms with Gasteiger partial charge in [-0.25, -0.2) is 0 Å². The molecule has 0 aromatic carbocycles. The van der Waals surface area contributed by atoms with Crippen molar-refractivity contribution in [2.24, 2.45) is 4.99 Å². The number of rotatable bonds is 4. The van der Waals surface area contributed by atoms with Gasteiger partial charge in [-0.2, -0.15) is 18.3 Å². The van der Waals surface area contributed by atoms with Crippen LogP contribution in [0.1, 0.15) is 0 Å². The fourth-order valence-corrected chi connectivity index (χ4v) is 1.98. The Bertz CT molecular complexity index is 639. The molecule has 8 heteroatoms. The molecule has 0 atom stereocenters. The molecule has 1 amide bonds. The van der Waals surface area contributed by atoms with Crippen LogP contribution >= 0.6 is 0 Å². The Morgan fingerprint density at radius 3 is 2.57 bits per heavy atom. The summed E-state index contributed by atoms with van der Waals surface area (Å²) in [5, 5.41) is 3.59. The van der Waals surface area contributed by atoms with E-state index in [1.807, 2.05) is 0 Å². The van der Waals surface area contributed by atoms with E-state index in [1.165, 1.54) is 6.08 Å². The number of hydrogen-bond acceptors (Lipinski definition) is 3. The molecule has 0 unspecified atom stereocenters. The molecule has 0 aliphatic carbocycles. The van der Waals surface area contributed by atoms with E-state index in [4.69, 9.17) is 0 Å². The molecule has 5 nitrogen and oxygen atoms in total. The lowest BCUT2D eigenvalue weighted by molar-refractivity contribution is -0.142. The molecule has 0 spiro atoms. The molecule has 21 heavy (non-hydrogen) atoms. The lowest BCUT2D eigenvalue weighted by Gasteiger charge is -2.15. The van der Waals surface area contributed by atoms with E-state index < -0.39 is 18.6 Å². The van der Waals surface area contributed by atoms with E-state index in [0.29, 0.717) is 4.68 Å². The summed E-state index contributed by atoms with van der Waals surface area (Å²) in [7, 11) is 0. The van der Waals surface area contributed by atoms with Gasteiger partial charge in [0.2, 0.25) is 0 Å². The van der Waals surface area contributed by atoms with E-state index in [0.717, 1.165) is 17.3 Å². The highest BCUT2D eigenvalue weighted by Gasteiger charge is 2.34. The molecule has 1 aliphatic rings. The van der Waals surface area contributed by atoms with Crippen molar-refractivity contribution in [2.45, 2.75) is 12.7 Å². The summed E-state index contributed by atoms with van der Waals surface area (Å²) >= 11 is 0. The van der Waals surface area contributed by atoms with Gasteiger partial charge in [0.15, 0.2) is 0 Å². The number of aliphatic imine (C=N–C) groups is 1. The second-order valence-electron chi connectivity index (χ2n) is 4.22. The Kier molecular flexibility index (Phi) is 3.54. The van der Waals surface area contributed by atoms with E-state index >= 15 is 0 Å². The van der Waals surface area contributed by atoms with Crippen LogP contribution in [0.3, 0.4) is 0 Å². The first-order valence-corrected chi connectivity index (χ1v) is 5.75. The van der Waals surface area contributed by atoms with Gasteiger partial charge in [0, 0.05) is 6.20 Å². The highest BCUT2D eigenvalue weighted by atomic mass is 19.4. The van der Waals surface area contributed by atoms with Crippen molar-refractivity contribution in [3.63, 3.8) is 0 Å². The summed E-state index contributed by atoms with van der Waals surface area (Å²) in [5.74, 6) is -0.482. The monoisotopic (exact) mass is 296 g/mol. The Morgan fingerprint density at radius 2 is 2.10 bits per heavy atom. The first-order valence-electron chi connectivity index (χ1n) is 5.75. The lowest BCUT2D eigenvalue weighted by Crippen LogP contribution is -2.24. The number of anilines is 1. The highest BCUT2D eigenvalue weighted by Crippen LogP contribution is 2.34. The summed E-state index contributed by atoms with van der Waals surface area (Å²) in [6.45, 7) is 9.31. The minimum atomic E-state index is -4.40. The molecule has 0 saturated carbocycles. The second kappa shape index (κ2) is 5.04. The molecule has 1 aliphatic heterocycles. The number of carbonyl (C=O) groups excluding carboxylic acids is 1. The SMILES string of the molecule is C=CC1=C(N=C)C(=C)N(c2cnn(CC(F)(F)F)c2)C1=O. The van der Waals surface area contributed by atoms with Crippen LogP contribution < -0.4 is 4.90 Å². The number of alkyl halides is 3. The van der Waals surface area contributed by atoms with Crippen LogP contribution in [-0.4, -0.2) is 28.6 Å². The van der Waals surface area contributed by atoms with Crippen LogP contribution in [0.4, 0.5) is 18.9 Å². The summed E-state index contributed by atoms with van der Waals surface area (Å²) in [5.41, 5.74) is 0.834. The van der Waals surface area contributed by atoms with Crippen molar-refractivity contribution >= 4 is 18.3 Å². The van der Waals surface area contributed by atoms with Crippen LogP contribution in [0.15, 0.2) is 53.6 Å². The minimum Gasteiger partial charge on any atom is -0.272 e. The van der Waals surface area contributed by atoms with Crippen LogP contribution in [-0.2, 0) is 11.3 Å². The predicted molar refractivity (Wildman–Crippen MR) is 71.7 cm³/mol. The molecule has 110 valence electrons. The van der Waals surface area contributed by atoms with Crippen molar-refractivity contribution in [3.8, 4) is 0 Å². The Balaban J connectivity index is 2.33. The smallest absolute Gasteiger partial charge is 0.272 e. The number of aromatic nitrogens is 2. The topological polar surface area (TPSA) is 50.5 Å². The van der Waals surface area contributed by atoms with Gasteiger partial charge in [0.25, 0.3) is 5.91 Å². The van der Waals surface area contributed by atoms with Crippen LogP contribution in [0.5, 0.6) is 0 Å². The Hall–Kier alpha value is -2.64. The molecule has 1 aromatic heterocycles. The maximum Gasteiger partial charge on any atom is 0.408 e. The summed E-state index contributed by atoms with van der Waals surface area (Å²) in [4.78, 5) is 17.0. The van der Waals surface area contributed by atoms with Crippen molar-refractivity contribution in [1.29, 1.82) is 0 Å². The van der Waals surface area contributed by atoms with Gasteiger partial charge in [0.05, 0.1) is 28.9 Å². The van der Waals surface area contributed by atoms with Crippen LogP contribution in [0.25, 0.3) is 0 Å². The zero-order valence-corrected chi connectivity index (χ0v) is 10.9. The molecule has 0 fully saturated rings. The minimum absolute atomic E-state index is 0.173. The van der Waals surface area contributed by atoms with Crippen molar-refractivity contribution < 1.29 is 18.0 Å². The first-order chi connectivity index (χ1) is 9.78. The molecule has 2 heterocycles. The third-order valence-corrected chi connectivity index (χ3v) is 2.81. The third kappa shape index (κ3) is 2.64. The molecule has 0 bridgehead atoms. The second-order valence-corrected chi connectivity index (χ2v) is 4.22. The van der Waals surface area contributed by atoms with Gasteiger partial charge >= 0.3 is 6.18 Å². The van der Waals surface area contributed by atoms with Crippen molar-refractivity contribution in [1.82, 2.24) is 9.78 Å². The molecule has 1 aromatic rings. The Morgan fingerprint density at radius 1 is 1.43 bits per heavy atom. The molecule has 0 saturated heterocycles. The zero-order valence-electron chi connectivity index (χ0n) is 10.9. The number of amides is 1. The molecule has 2 rings (SSSR count). The lowest BCUT2D eigenvalue weighted by atomic mass is 10.2. The fourth-order valence-electron chi connectivity index (χ4n) is 1.98. The van der Waals surface area contributed by atoms with E-state index in [2.05, 4.69) is 30.0 Å². The van der Waals surface area contributed by atoms with E-state index in [1.54, 1.807) is 0 Å². The fraction of sp³-hybridized carbons (Fsp3) is 0.154. The standard InChI is InChI=1S/C13H11F3N4O/c1-4-10-11(17-3)8(2)20(12(10)21)9-5-18-19(6-9)7-13(14,15)16/h4-6H,1-3,7H2. The average Bonchev–Trinajstić information content (AvgIpc) is 2.89. The van der Waals surface area contributed by atoms with Gasteiger partial charge in [-0.3, -0.25) is 19.4 Å². The quantitative estimate of drug-likeness (QED) is 0.801. The number of hydrogen-bond donors (Lipinski definition) is 0. The normalized spacial score (nSPS) is 15.9. The number of nitrogens with zero attached hydrogens (tertiary/aromatic N) is 4. The number of halogens is 3. The highest BCUT2D eigenvalue weighted by molar-refractivity contribution is 6.14. The summed E-state index contributed by atoms with van der Waals surface area (Å²) in [6, 6.07) is 0. The molecule has 0 radical (unpaired) electrons. The average molecular weight is 296 g/mol. The maximum atomic E-state index is 12.3. The van der Waals surface area contributed by atoms with Crippen molar-refractivity contribution in [3.05, 3.63) is 48.6 Å². The Labute approximate surface area is 118 Å². The molecular weight excluding hydrogens is 285 g/mol. The third-order valence-electron chi connectivity index (χ3n) is 2.81. The van der Waals surface area contributed by atoms with Gasteiger partial charge in [-0.05, 0) is 6.72 Å². The molecular formula is C13H11F3N4O.